The fourth-order valence-electron chi connectivity index (χ4n) is 1.87. The van der Waals surface area contributed by atoms with E-state index in [1.807, 2.05) is 36.0 Å². The van der Waals surface area contributed by atoms with E-state index < -0.39 is 0 Å². The van der Waals surface area contributed by atoms with Crippen LogP contribution in [0.2, 0.25) is 0 Å². The molecule has 80 valence electrons. The van der Waals surface area contributed by atoms with E-state index in [1.54, 1.807) is 7.11 Å². The molecular formula is C11H14N2O2. The van der Waals surface area contributed by atoms with E-state index in [0.717, 1.165) is 22.2 Å². The molecule has 15 heavy (non-hydrogen) atoms. The normalized spacial score (nSPS) is 10.9. The molecule has 0 atom stereocenters. The monoisotopic (exact) mass is 206 g/mol. The molecule has 2 rings (SSSR count). The number of aryl methyl sites for hydroxylation is 1. The highest BCUT2D eigenvalue weighted by Crippen LogP contribution is 2.30. The number of nitrogens with zero attached hydrogens (tertiary/aromatic N) is 1. The van der Waals surface area contributed by atoms with Gasteiger partial charge in [0.25, 0.3) is 0 Å². The van der Waals surface area contributed by atoms with Gasteiger partial charge in [-0.2, -0.15) is 0 Å². The molecule has 0 bridgehead atoms. The predicted molar refractivity (Wildman–Crippen MR) is 58.4 cm³/mol. The van der Waals surface area contributed by atoms with Crippen molar-refractivity contribution >= 4 is 10.9 Å². The van der Waals surface area contributed by atoms with Crippen LogP contribution in [0.1, 0.15) is 5.56 Å². The topological polar surface area (TPSA) is 49.4 Å². The standard InChI is InChI=1S/C11H14N2O2/c1-13-6-8(7-15-12)11-9(13)4-3-5-10(11)14-2/h3-6H,7,12H2,1-2H3. The minimum atomic E-state index is 0.387. The zero-order chi connectivity index (χ0) is 10.8. The van der Waals surface area contributed by atoms with E-state index in [0.29, 0.717) is 6.61 Å². The molecule has 1 heterocycles. The first-order valence-electron chi connectivity index (χ1n) is 4.70. The molecule has 0 radical (unpaired) electrons. The summed E-state index contributed by atoms with van der Waals surface area (Å²) in [5.74, 6) is 5.95. The Balaban J connectivity index is 2.70. The fourth-order valence-corrected chi connectivity index (χ4v) is 1.87. The van der Waals surface area contributed by atoms with Crippen LogP contribution in [0.15, 0.2) is 24.4 Å². The van der Waals surface area contributed by atoms with Crippen LogP contribution in [0.25, 0.3) is 10.9 Å². The summed E-state index contributed by atoms with van der Waals surface area (Å²) >= 11 is 0. The average molecular weight is 206 g/mol. The quantitative estimate of drug-likeness (QED) is 0.775. The molecule has 0 unspecified atom stereocenters. The van der Waals surface area contributed by atoms with Gasteiger partial charge in [-0.25, -0.2) is 5.90 Å². The van der Waals surface area contributed by atoms with Crippen molar-refractivity contribution in [2.24, 2.45) is 12.9 Å². The van der Waals surface area contributed by atoms with Gasteiger partial charge in [-0.15, -0.1) is 0 Å². The lowest BCUT2D eigenvalue weighted by Gasteiger charge is -2.04. The third-order valence-corrected chi connectivity index (χ3v) is 2.51. The average Bonchev–Trinajstić information content (AvgIpc) is 2.57. The first-order chi connectivity index (χ1) is 7.27. The lowest BCUT2D eigenvalue weighted by molar-refractivity contribution is 0.125. The van der Waals surface area contributed by atoms with Crippen LogP contribution in [0.3, 0.4) is 0 Å². The number of nitrogens with two attached hydrogens (primary N) is 1. The maximum Gasteiger partial charge on any atom is 0.128 e. The lowest BCUT2D eigenvalue weighted by Crippen LogP contribution is -1.98. The van der Waals surface area contributed by atoms with E-state index in [4.69, 9.17) is 10.6 Å². The summed E-state index contributed by atoms with van der Waals surface area (Å²) < 4.78 is 7.35. The smallest absolute Gasteiger partial charge is 0.128 e. The Morgan fingerprint density at radius 3 is 2.87 bits per heavy atom. The van der Waals surface area contributed by atoms with Gasteiger partial charge < -0.3 is 9.30 Å². The van der Waals surface area contributed by atoms with Crippen LogP contribution in [-0.2, 0) is 18.5 Å². The van der Waals surface area contributed by atoms with Crippen LogP contribution in [0.4, 0.5) is 0 Å². The highest BCUT2D eigenvalue weighted by Gasteiger charge is 2.10. The molecule has 0 aliphatic rings. The molecule has 1 aromatic heterocycles. The van der Waals surface area contributed by atoms with Gasteiger partial charge >= 0.3 is 0 Å². The molecule has 0 spiro atoms. The van der Waals surface area contributed by atoms with Gasteiger partial charge in [-0.05, 0) is 12.1 Å². The summed E-state index contributed by atoms with van der Waals surface area (Å²) in [4.78, 5) is 4.68. The summed E-state index contributed by atoms with van der Waals surface area (Å²) in [6.45, 7) is 0.387. The number of hydrogen-bond acceptors (Lipinski definition) is 3. The second-order valence-electron chi connectivity index (χ2n) is 3.43. The molecule has 4 heteroatoms. The van der Waals surface area contributed by atoms with Crippen molar-refractivity contribution in [2.75, 3.05) is 7.11 Å². The molecule has 1 aromatic carbocycles. The summed E-state index contributed by atoms with van der Waals surface area (Å²) in [5, 5.41) is 1.06. The minimum Gasteiger partial charge on any atom is -0.496 e. The molecule has 0 aliphatic carbocycles. The maximum absolute atomic E-state index is 5.32. The molecule has 4 nitrogen and oxygen atoms in total. The Hall–Kier alpha value is -1.52. The summed E-state index contributed by atoms with van der Waals surface area (Å²) in [6, 6.07) is 5.94. The zero-order valence-corrected chi connectivity index (χ0v) is 8.86. The van der Waals surface area contributed by atoms with Crippen LogP contribution in [0, 0.1) is 0 Å². The van der Waals surface area contributed by atoms with Crippen molar-refractivity contribution in [3.63, 3.8) is 0 Å². The van der Waals surface area contributed by atoms with Crippen molar-refractivity contribution < 1.29 is 9.57 Å². The largest absolute Gasteiger partial charge is 0.496 e. The van der Waals surface area contributed by atoms with Crippen molar-refractivity contribution in [3.8, 4) is 5.75 Å². The number of rotatable bonds is 3. The highest BCUT2D eigenvalue weighted by molar-refractivity contribution is 5.89. The van der Waals surface area contributed by atoms with Gasteiger partial charge in [0.1, 0.15) is 5.75 Å². The van der Waals surface area contributed by atoms with Crippen molar-refractivity contribution in [2.45, 2.75) is 6.61 Å². The fraction of sp³-hybridized carbons (Fsp3) is 0.273. The Morgan fingerprint density at radius 2 is 2.20 bits per heavy atom. The van der Waals surface area contributed by atoms with E-state index in [1.165, 1.54) is 0 Å². The second-order valence-corrected chi connectivity index (χ2v) is 3.43. The van der Waals surface area contributed by atoms with Crippen LogP contribution in [0.5, 0.6) is 5.75 Å². The lowest BCUT2D eigenvalue weighted by atomic mass is 10.1. The third-order valence-electron chi connectivity index (χ3n) is 2.51. The zero-order valence-electron chi connectivity index (χ0n) is 8.86. The van der Waals surface area contributed by atoms with E-state index >= 15 is 0 Å². The SMILES string of the molecule is COc1cccc2c1c(CON)cn2C. The van der Waals surface area contributed by atoms with Crippen LogP contribution in [-0.4, -0.2) is 11.7 Å². The Kier molecular flexibility index (Phi) is 2.62. The maximum atomic E-state index is 5.32. The number of methoxy groups -OCH3 is 1. The van der Waals surface area contributed by atoms with E-state index in [2.05, 4.69) is 4.84 Å². The van der Waals surface area contributed by atoms with Crippen molar-refractivity contribution in [1.29, 1.82) is 0 Å². The molecular weight excluding hydrogens is 192 g/mol. The Labute approximate surface area is 88.1 Å². The second kappa shape index (κ2) is 3.92. The summed E-state index contributed by atoms with van der Waals surface area (Å²) in [7, 11) is 3.65. The number of aromatic nitrogens is 1. The van der Waals surface area contributed by atoms with Gasteiger partial charge in [0.15, 0.2) is 0 Å². The molecule has 2 N–H and O–H groups in total. The molecule has 0 saturated heterocycles. The minimum absolute atomic E-state index is 0.387. The first kappa shape index (κ1) is 10.0. The number of benzene rings is 1. The number of ether oxygens (including phenoxy) is 1. The third kappa shape index (κ3) is 1.58. The number of hydrogen-bond donors (Lipinski definition) is 1. The molecule has 0 aliphatic heterocycles. The van der Waals surface area contributed by atoms with Crippen LogP contribution >= 0.6 is 0 Å². The van der Waals surface area contributed by atoms with Crippen LogP contribution < -0.4 is 10.6 Å². The van der Waals surface area contributed by atoms with Crippen molar-refractivity contribution in [3.05, 3.63) is 30.0 Å². The molecule has 2 aromatic rings. The predicted octanol–water partition coefficient (Wildman–Crippen LogP) is 1.58. The van der Waals surface area contributed by atoms with Gasteiger partial charge in [-0.3, -0.25) is 4.84 Å². The molecule has 0 saturated carbocycles. The van der Waals surface area contributed by atoms with Gasteiger partial charge in [0, 0.05) is 24.2 Å². The molecule has 0 amide bonds. The Bertz CT molecular complexity index is 477. The summed E-state index contributed by atoms with van der Waals surface area (Å²) in [6.07, 6.45) is 2.00. The molecule has 0 fully saturated rings. The first-order valence-corrected chi connectivity index (χ1v) is 4.70. The Morgan fingerprint density at radius 1 is 1.40 bits per heavy atom. The van der Waals surface area contributed by atoms with Gasteiger partial charge in [0.2, 0.25) is 0 Å². The van der Waals surface area contributed by atoms with Crippen molar-refractivity contribution in [1.82, 2.24) is 4.57 Å². The van der Waals surface area contributed by atoms with Gasteiger partial charge in [0.05, 0.1) is 19.2 Å². The van der Waals surface area contributed by atoms with E-state index in [9.17, 15) is 0 Å². The number of fused-ring (bicyclic) bond motifs is 1. The highest BCUT2D eigenvalue weighted by atomic mass is 16.6. The summed E-state index contributed by atoms with van der Waals surface area (Å²) in [5.41, 5.74) is 2.15. The van der Waals surface area contributed by atoms with Gasteiger partial charge in [-0.1, -0.05) is 6.07 Å². The van der Waals surface area contributed by atoms with E-state index in [-0.39, 0.29) is 0 Å².